The van der Waals surface area contributed by atoms with Crippen molar-refractivity contribution in [2.24, 2.45) is 0 Å². The van der Waals surface area contributed by atoms with Crippen LogP contribution in [0.15, 0.2) is 152 Å². The third kappa shape index (κ3) is 8.48. The van der Waals surface area contributed by atoms with Crippen molar-refractivity contribution in [3.63, 3.8) is 0 Å². The third-order valence-corrected chi connectivity index (χ3v) is 10.8. The molecule has 0 aliphatic heterocycles. The van der Waals surface area contributed by atoms with E-state index in [4.69, 9.17) is 23.2 Å². The Morgan fingerprint density at radius 1 is 0.508 bits per heavy atom. The van der Waals surface area contributed by atoms with Gasteiger partial charge in [-0.3, -0.25) is 10.2 Å². The summed E-state index contributed by atoms with van der Waals surface area (Å²) in [5, 5.41) is 22.2. The van der Waals surface area contributed by atoms with Gasteiger partial charge in [0.15, 0.2) is 23.3 Å². The maximum atomic E-state index is 14.9. The molecule has 0 amide bonds. The standard InChI is InChI=1S/C26H19ClFN3.C22H20ClFN4/c27-23-21(20-9-5-2-6-10-20)15-22-25(24(23)28)30-31-26(22)29-16-17-11-13-19(14-12-17)18-7-3-1-4-8-18;1-28(2)16-10-8-14(9-11-16)13-25-22-18-12-17(15-6-4-3-5-7-15)19(23)20(24)21(18)26-27-22/h1-15H,16H2,(H2,29,30,31);3-12H,13H2,1-2H3,(H2,25,26,27). The van der Waals surface area contributed by atoms with Gasteiger partial charge in [-0.25, -0.2) is 8.78 Å². The van der Waals surface area contributed by atoms with Gasteiger partial charge in [0, 0.05) is 54.8 Å². The Balaban J connectivity index is 0.000000165. The van der Waals surface area contributed by atoms with Crippen LogP contribution < -0.4 is 15.5 Å². The third-order valence-electron chi connectivity index (χ3n) is 10.1. The van der Waals surface area contributed by atoms with Crippen LogP contribution in [-0.2, 0) is 13.1 Å². The topological polar surface area (TPSA) is 84.7 Å². The number of nitrogens with zero attached hydrogens (tertiary/aromatic N) is 3. The quantitative estimate of drug-likeness (QED) is 0.110. The summed E-state index contributed by atoms with van der Waals surface area (Å²) in [4.78, 5) is 2.05. The van der Waals surface area contributed by atoms with Crippen molar-refractivity contribution < 1.29 is 8.78 Å². The van der Waals surface area contributed by atoms with E-state index in [1.165, 1.54) is 11.1 Å². The number of anilines is 3. The predicted octanol–water partition coefficient (Wildman–Crippen LogP) is 13.0. The molecule has 7 aromatic carbocycles. The first-order valence-electron chi connectivity index (χ1n) is 19.0. The van der Waals surface area contributed by atoms with E-state index in [1.807, 2.05) is 105 Å². The summed E-state index contributed by atoms with van der Waals surface area (Å²) >= 11 is 12.6. The lowest BCUT2D eigenvalue weighted by Gasteiger charge is -2.13. The normalized spacial score (nSPS) is 11.0. The maximum Gasteiger partial charge on any atom is 0.168 e. The lowest BCUT2D eigenvalue weighted by Crippen LogP contribution is -2.08. The number of rotatable bonds is 10. The van der Waals surface area contributed by atoms with Gasteiger partial charge >= 0.3 is 0 Å². The van der Waals surface area contributed by atoms with Crippen molar-refractivity contribution in [2.45, 2.75) is 13.1 Å². The highest BCUT2D eigenvalue weighted by Crippen LogP contribution is 2.38. The van der Waals surface area contributed by atoms with Crippen molar-refractivity contribution in [3.05, 3.63) is 184 Å². The molecule has 2 aromatic heterocycles. The Hall–Kier alpha value is -6.68. The molecule has 0 bridgehead atoms. The number of halogens is 4. The highest BCUT2D eigenvalue weighted by Gasteiger charge is 2.19. The molecule has 0 spiro atoms. The molecule has 59 heavy (non-hydrogen) atoms. The highest BCUT2D eigenvalue weighted by molar-refractivity contribution is 6.35. The van der Waals surface area contributed by atoms with E-state index < -0.39 is 11.6 Å². The minimum absolute atomic E-state index is 0.0883. The number of nitrogens with one attached hydrogen (secondary N) is 4. The van der Waals surface area contributed by atoms with Gasteiger partial charge in [-0.15, -0.1) is 0 Å². The van der Waals surface area contributed by atoms with Crippen LogP contribution in [0.1, 0.15) is 11.1 Å². The van der Waals surface area contributed by atoms with Crippen molar-refractivity contribution in [2.75, 3.05) is 29.6 Å². The molecule has 9 aromatic rings. The van der Waals surface area contributed by atoms with Gasteiger partial charge in [-0.1, -0.05) is 151 Å². The summed E-state index contributed by atoms with van der Waals surface area (Å²) in [5.74, 6) is 0.203. The average Bonchev–Trinajstić information content (AvgIpc) is 3.90. The number of fused-ring (bicyclic) bond motifs is 2. The molecule has 7 nitrogen and oxygen atoms in total. The molecule has 294 valence electrons. The Morgan fingerprint density at radius 3 is 1.29 bits per heavy atom. The van der Waals surface area contributed by atoms with E-state index in [2.05, 4.69) is 96.6 Å². The lowest BCUT2D eigenvalue weighted by molar-refractivity contribution is 0.637. The predicted molar refractivity (Wildman–Crippen MR) is 240 cm³/mol. The molecule has 4 N–H and O–H groups in total. The van der Waals surface area contributed by atoms with Crippen LogP contribution in [0.3, 0.4) is 0 Å². The number of H-pyrrole nitrogens is 2. The van der Waals surface area contributed by atoms with Crippen LogP contribution in [-0.4, -0.2) is 34.5 Å². The lowest BCUT2D eigenvalue weighted by atomic mass is 10.0. The van der Waals surface area contributed by atoms with Crippen LogP contribution in [0.2, 0.25) is 10.0 Å². The minimum Gasteiger partial charge on any atom is -0.378 e. The number of aromatic nitrogens is 4. The zero-order valence-corrected chi connectivity index (χ0v) is 33.7. The van der Waals surface area contributed by atoms with Crippen molar-refractivity contribution >= 4 is 62.3 Å². The van der Waals surface area contributed by atoms with Crippen LogP contribution in [0.5, 0.6) is 0 Å². The van der Waals surface area contributed by atoms with Gasteiger partial charge in [-0.05, 0) is 57.6 Å². The van der Waals surface area contributed by atoms with Gasteiger partial charge in [0.1, 0.15) is 11.0 Å². The van der Waals surface area contributed by atoms with Gasteiger partial charge in [0.2, 0.25) is 0 Å². The first-order valence-corrected chi connectivity index (χ1v) is 19.7. The summed E-state index contributed by atoms with van der Waals surface area (Å²) < 4.78 is 29.7. The summed E-state index contributed by atoms with van der Waals surface area (Å²) in [7, 11) is 4.01. The summed E-state index contributed by atoms with van der Waals surface area (Å²) in [6.07, 6.45) is 0. The van der Waals surface area contributed by atoms with Gasteiger partial charge in [-0.2, -0.15) is 10.2 Å². The first-order chi connectivity index (χ1) is 28.7. The molecule has 0 aliphatic rings. The molecule has 0 aliphatic carbocycles. The molecule has 0 unspecified atom stereocenters. The summed E-state index contributed by atoms with van der Waals surface area (Å²) in [5.41, 5.74) is 9.31. The summed E-state index contributed by atoms with van der Waals surface area (Å²) in [6, 6.07) is 49.7. The molecule has 0 atom stereocenters. The molecule has 0 saturated heterocycles. The van der Waals surface area contributed by atoms with Gasteiger partial charge < -0.3 is 15.5 Å². The molecule has 2 heterocycles. The maximum absolute atomic E-state index is 14.9. The fraction of sp³-hybridized carbons (Fsp3) is 0.0833. The molecule has 0 fully saturated rings. The molecule has 0 saturated carbocycles. The molecular weight excluding hydrogens is 783 g/mol. The molecule has 0 radical (unpaired) electrons. The van der Waals surface area contributed by atoms with Crippen LogP contribution in [0.25, 0.3) is 55.2 Å². The second-order valence-corrected chi connectivity index (χ2v) is 14.9. The SMILES string of the molecule is CN(C)c1ccc(CNc2n[nH]c3c(F)c(Cl)c(-c4ccccc4)cc23)cc1.Fc1c(Cl)c(-c2ccccc2)cc2c(NCc3ccc(-c4ccccc4)cc3)n[nH]c12. The van der Waals surface area contributed by atoms with Crippen LogP contribution in [0, 0.1) is 11.6 Å². The number of hydrogen-bond acceptors (Lipinski definition) is 5. The average molecular weight is 823 g/mol. The fourth-order valence-corrected chi connectivity index (χ4v) is 7.36. The second kappa shape index (κ2) is 17.4. The monoisotopic (exact) mass is 821 g/mol. The summed E-state index contributed by atoms with van der Waals surface area (Å²) in [6.45, 7) is 1.15. The Kier molecular flexibility index (Phi) is 11.6. The van der Waals surface area contributed by atoms with Crippen LogP contribution >= 0.6 is 23.2 Å². The smallest absolute Gasteiger partial charge is 0.168 e. The van der Waals surface area contributed by atoms with Crippen molar-refractivity contribution in [3.8, 4) is 33.4 Å². The molecule has 11 heteroatoms. The van der Waals surface area contributed by atoms with E-state index >= 15 is 0 Å². The Labute approximate surface area is 350 Å². The highest BCUT2D eigenvalue weighted by atomic mass is 35.5. The zero-order valence-electron chi connectivity index (χ0n) is 32.2. The number of aromatic amines is 2. The first kappa shape index (κ1) is 39.2. The molecule has 9 rings (SSSR count). The minimum atomic E-state index is -0.495. The van der Waals surface area contributed by atoms with Crippen LogP contribution in [0.4, 0.5) is 26.1 Å². The van der Waals surface area contributed by atoms with E-state index in [-0.39, 0.29) is 10.0 Å². The number of benzene rings is 7. The Bertz CT molecular complexity index is 2830. The fourth-order valence-electron chi connectivity index (χ4n) is 6.84. The van der Waals surface area contributed by atoms with Gasteiger partial charge in [0.25, 0.3) is 0 Å². The van der Waals surface area contributed by atoms with Crippen molar-refractivity contribution in [1.82, 2.24) is 20.4 Å². The zero-order chi connectivity index (χ0) is 40.9. The van der Waals surface area contributed by atoms with E-state index in [0.29, 0.717) is 57.7 Å². The Morgan fingerprint density at radius 2 is 0.881 bits per heavy atom. The van der Waals surface area contributed by atoms with Gasteiger partial charge in [0.05, 0.1) is 10.0 Å². The second-order valence-electron chi connectivity index (χ2n) is 14.2. The van der Waals surface area contributed by atoms with E-state index in [9.17, 15) is 8.78 Å². The number of hydrogen-bond donors (Lipinski definition) is 4. The van der Waals surface area contributed by atoms with Crippen molar-refractivity contribution in [1.29, 1.82) is 0 Å². The van der Waals surface area contributed by atoms with E-state index in [1.54, 1.807) is 0 Å². The largest absolute Gasteiger partial charge is 0.378 e. The molecular formula is C48H39Cl2F2N7. The van der Waals surface area contributed by atoms with E-state index in [0.717, 1.165) is 27.9 Å².